The number of nitrogens with zero attached hydrogens (tertiary/aromatic N) is 2. The zero-order chi connectivity index (χ0) is 17.6. The molecule has 0 N–H and O–H groups in total. The molecule has 25 heavy (non-hydrogen) atoms. The molecule has 0 saturated carbocycles. The summed E-state index contributed by atoms with van der Waals surface area (Å²) in [6.45, 7) is 5.52. The van der Waals surface area contributed by atoms with E-state index >= 15 is 0 Å². The SMILES string of the molecule is CCCCOC(=O)[C@@H]1CN(C2CCOCC2)C[C@H]1c1ccc(F)cn1. The molecule has 0 amide bonds. The topological polar surface area (TPSA) is 51.7 Å². The predicted molar refractivity (Wildman–Crippen MR) is 91.7 cm³/mol. The van der Waals surface area contributed by atoms with Gasteiger partial charge in [0.2, 0.25) is 0 Å². The molecule has 0 spiro atoms. The molecule has 1 aromatic heterocycles. The van der Waals surface area contributed by atoms with Crippen molar-refractivity contribution < 1.29 is 18.7 Å². The maximum atomic E-state index is 13.2. The van der Waals surface area contributed by atoms with Gasteiger partial charge in [-0.1, -0.05) is 13.3 Å². The maximum Gasteiger partial charge on any atom is 0.310 e. The van der Waals surface area contributed by atoms with Gasteiger partial charge in [0.1, 0.15) is 5.82 Å². The molecule has 3 heterocycles. The van der Waals surface area contributed by atoms with E-state index in [-0.39, 0.29) is 23.6 Å². The molecule has 1 aromatic rings. The molecule has 0 aromatic carbocycles. The fourth-order valence-corrected chi connectivity index (χ4v) is 3.75. The molecule has 5 nitrogen and oxygen atoms in total. The summed E-state index contributed by atoms with van der Waals surface area (Å²) >= 11 is 0. The van der Waals surface area contributed by atoms with Crippen molar-refractivity contribution in [2.45, 2.75) is 44.6 Å². The van der Waals surface area contributed by atoms with E-state index in [1.165, 1.54) is 12.3 Å². The highest BCUT2D eigenvalue weighted by Gasteiger charge is 2.42. The molecule has 0 unspecified atom stereocenters. The number of unbranched alkanes of at least 4 members (excludes halogenated alkanes) is 1. The number of rotatable bonds is 6. The Hall–Kier alpha value is -1.53. The molecule has 2 aliphatic heterocycles. The van der Waals surface area contributed by atoms with Crippen LogP contribution in [0.25, 0.3) is 0 Å². The monoisotopic (exact) mass is 350 g/mol. The predicted octanol–water partition coefficient (Wildman–Crippen LogP) is 2.76. The molecular formula is C19H27FN2O3. The molecule has 2 saturated heterocycles. The normalized spacial score (nSPS) is 25.2. The second-order valence-corrected chi connectivity index (χ2v) is 6.93. The van der Waals surface area contributed by atoms with E-state index in [2.05, 4.69) is 16.8 Å². The van der Waals surface area contributed by atoms with Gasteiger partial charge < -0.3 is 9.47 Å². The molecule has 138 valence electrons. The molecular weight excluding hydrogens is 323 g/mol. The van der Waals surface area contributed by atoms with E-state index < -0.39 is 0 Å². The van der Waals surface area contributed by atoms with Gasteiger partial charge >= 0.3 is 5.97 Å². The highest BCUT2D eigenvalue weighted by Crippen LogP contribution is 2.35. The minimum Gasteiger partial charge on any atom is -0.465 e. The fourth-order valence-electron chi connectivity index (χ4n) is 3.75. The van der Waals surface area contributed by atoms with Crippen LogP contribution >= 0.6 is 0 Å². The van der Waals surface area contributed by atoms with Gasteiger partial charge in [-0.05, 0) is 31.4 Å². The summed E-state index contributed by atoms with van der Waals surface area (Å²) in [5.74, 6) is -0.792. The van der Waals surface area contributed by atoms with Crippen LogP contribution in [0.2, 0.25) is 0 Å². The van der Waals surface area contributed by atoms with E-state index in [1.807, 2.05) is 0 Å². The standard InChI is InChI=1S/C19H27FN2O3/c1-2-3-8-25-19(23)17-13-22(15-6-9-24-10-7-15)12-16(17)18-5-4-14(20)11-21-18/h4-5,11,15-17H,2-3,6-10,12-13H2,1H3/t16-,17-/m1/s1. The van der Waals surface area contributed by atoms with Crippen molar-refractivity contribution in [3.63, 3.8) is 0 Å². The third-order valence-corrected chi connectivity index (χ3v) is 5.23. The number of hydrogen-bond acceptors (Lipinski definition) is 5. The second kappa shape index (κ2) is 8.72. The van der Waals surface area contributed by atoms with Crippen molar-refractivity contribution in [1.29, 1.82) is 0 Å². The minimum absolute atomic E-state index is 0.0439. The van der Waals surface area contributed by atoms with Gasteiger partial charge in [0.15, 0.2) is 0 Å². The summed E-state index contributed by atoms with van der Waals surface area (Å²) in [5.41, 5.74) is 0.772. The number of carbonyl (C=O) groups excluding carboxylic acids is 1. The Balaban J connectivity index is 1.73. The Bertz CT molecular complexity index is 560. The first-order valence-corrected chi connectivity index (χ1v) is 9.29. The quantitative estimate of drug-likeness (QED) is 0.583. The number of ether oxygens (including phenoxy) is 2. The van der Waals surface area contributed by atoms with Crippen LogP contribution in [-0.4, -0.2) is 54.8 Å². The third kappa shape index (κ3) is 4.55. The van der Waals surface area contributed by atoms with E-state index in [4.69, 9.17) is 9.47 Å². The summed E-state index contributed by atoms with van der Waals surface area (Å²) in [6, 6.07) is 3.55. The van der Waals surface area contributed by atoms with Gasteiger partial charge in [-0.3, -0.25) is 14.7 Å². The maximum absolute atomic E-state index is 13.2. The lowest BCUT2D eigenvalue weighted by Gasteiger charge is -2.31. The van der Waals surface area contributed by atoms with E-state index in [1.54, 1.807) is 6.07 Å². The van der Waals surface area contributed by atoms with Crippen LogP contribution < -0.4 is 0 Å². The summed E-state index contributed by atoms with van der Waals surface area (Å²) in [6.07, 6.45) is 5.07. The number of carbonyl (C=O) groups is 1. The van der Waals surface area contributed by atoms with Crippen LogP contribution in [0.4, 0.5) is 4.39 Å². The molecule has 0 radical (unpaired) electrons. The fraction of sp³-hybridized carbons (Fsp3) is 0.684. The Kier molecular flexibility index (Phi) is 6.37. The molecule has 3 rings (SSSR count). The summed E-state index contributed by atoms with van der Waals surface area (Å²) < 4.78 is 24.2. The number of hydrogen-bond donors (Lipinski definition) is 0. The van der Waals surface area contributed by atoms with Gasteiger partial charge in [-0.25, -0.2) is 4.39 Å². The first-order valence-electron chi connectivity index (χ1n) is 9.29. The highest BCUT2D eigenvalue weighted by molar-refractivity contribution is 5.74. The van der Waals surface area contributed by atoms with Gasteiger partial charge in [0, 0.05) is 44.0 Å². The lowest BCUT2D eigenvalue weighted by Crippen LogP contribution is -2.38. The molecule has 2 aliphatic rings. The van der Waals surface area contributed by atoms with Gasteiger partial charge in [0.05, 0.1) is 18.7 Å². The lowest BCUT2D eigenvalue weighted by atomic mass is 9.92. The number of aromatic nitrogens is 1. The van der Waals surface area contributed by atoms with Crippen molar-refractivity contribution in [3.8, 4) is 0 Å². The van der Waals surface area contributed by atoms with E-state index in [0.29, 0.717) is 19.2 Å². The highest BCUT2D eigenvalue weighted by atomic mass is 19.1. The van der Waals surface area contributed by atoms with Crippen molar-refractivity contribution in [2.75, 3.05) is 32.9 Å². The molecule has 2 atom stereocenters. The number of halogens is 1. The summed E-state index contributed by atoms with van der Waals surface area (Å²) in [5, 5.41) is 0. The molecule has 6 heteroatoms. The zero-order valence-corrected chi connectivity index (χ0v) is 14.8. The van der Waals surface area contributed by atoms with Crippen LogP contribution in [0, 0.1) is 11.7 Å². The van der Waals surface area contributed by atoms with Gasteiger partial charge in [-0.2, -0.15) is 0 Å². The molecule has 2 fully saturated rings. The lowest BCUT2D eigenvalue weighted by molar-refractivity contribution is -0.148. The van der Waals surface area contributed by atoms with Crippen molar-refractivity contribution in [2.24, 2.45) is 5.92 Å². The zero-order valence-electron chi connectivity index (χ0n) is 14.8. The number of pyridine rings is 1. The largest absolute Gasteiger partial charge is 0.465 e. The molecule has 0 bridgehead atoms. The van der Waals surface area contributed by atoms with Gasteiger partial charge in [-0.15, -0.1) is 0 Å². The van der Waals surface area contributed by atoms with Crippen LogP contribution in [0.5, 0.6) is 0 Å². The van der Waals surface area contributed by atoms with Crippen molar-refractivity contribution in [1.82, 2.24) is 9.88 Å². The van der Waals surface area contributed by atoms with Crippen LogP contribution in [0.3, 0.4) is 0 Å². The summed E-state index contributed by atoms with van der Waals surface area (Å²) in [7, 11) is 0. The third-order valence-electron chi connectivity index (χ3n) is 5.23. The smallest absolute Gasteiger partial charge is 0.310 e. The average Bonchev–Trinajstić information content (AvgIpc) is 3.09. The van der Waals surface area contributed by atoms with Crippen LogP contribution in [0.15, 0.2) is 18.3 Å². The first-order chi connectivity index (χ1) is 12.2. The first kappa shape index (κ1) is 18.3. The molecule has 0 aliphatic carbocycles. The Labute approximate surface area is 148 Å². The van der Waals surface area contributed by atoms with Crippen LogP contribution in [0.1, 0.15) is 44.2 Å². The van der Waals surface area contributed by atoms with E-state index in [0.717, 1.165) is 51.1 Å². The second-order valence-electron chi connectivity index (χ2n) is 6.93. The number of likely N-dealkylation sites (tertiary alicyclic amines) is 1. The Morgan fingerprint density at radius 3 is 2.84 bits per heavy atom. The number of esters is 1. The Morgan fingerprint density at radius 2 is 2.16 bits per heavy atom. The van der Waals surface area contributed by atoms with Crippen molar-refractivity contribution >= 4 is 5.97 Å². The van der Waals surface area contributed by atoms with E-state index in [9.17, 15) is 9.18 Å². The summed E-state index contributed by atoms with van der Waals surface area (Å²) in [4.78, 5) is 19.2. The van der Waals surface area contributed by atoms with Gasteiger partial charge in [0.25, 0.3) is 0 Å². The van der Waals surface area contributed by atoms with Crippen LogP contribution in [-0.2, 0) is 14.3 Å². The van der Waals surface area contributed by atoms with Crippen molar-refractivity contribution in [3.05, 3.63) is 29.8 Å². The minimum atomic E-state index is -0.356. The Morgan fingerprint density at radius 1 is 1.36 bits per heavy atom. The average molecular weight is 350 g/mol.